The second kappa shape index (κ2) is 12.9. The Bertz CT molecular complexity index is 2180. The molecule has 1 heteroatoms. The molecular weight excluding hydrogens is 591 g/mol. The average molecular weight is 636 g/mol. The molecule has 0 aromatic heterocycles. The highest BCUT2D eigenvalue weighted by atomic mass is 15.1. The molecule has 0 saturated carbocycles. The highest BCUT2D eigenvalue weighted by Gasteiger charge is 2.25. The minimum Gasteiger partial charge on any atom is -0.310 e. The fourth-order valence-corrected chi connectivity index (χ4v) is 6.79. The fraction of sp³-hybridized carbons (Fsp3) is 0.167. The zero-order valence-electron chi connectivity index (χ0n) is 29.5. The smallest absolute Gasteiger partial charge is 0.0540 e. The van der Waals surface area contributed by atoms with Crippen LogP contribution in [0.15, 0.2) is 164 Å². The molecule has 0 fully saturated rings. The van der Waals surface area contributed by atoms with E-state index in [1.165, 1.54) is 61.0 Å². The van der Waals surface area contributed by atoms with Crippen molar-refractivity contribution in [2.45, 2.75) is 52.4 Å². The van der Waals surface area contributed by atoms with Crippen molar-refractivity contribution in [3.63, 3.8) is 0 Å². The van der Waals surface area contributed by atoms with Gasteiger partial charge < -0.3 is 4.90 Å². The summed E-state index contributed by atoms with van der Waals surface area (Å²) in [5, 5.41) is 2.50. The van der Waals surface area contributed by atoms with Crippen LogP contribution in [-0.4, -0.2) is 0 Å². The molecule has 0 spiro atoms. The largest absolute Gasteiger partial charge is 0.310 e. The van der Waals surface area contributed by atoms with Gasteiger partial charge in [0, 0.05) is 16.9 Å². The van der Waals surface area contributed by atoms with Gasteiger partial charge in [0.05, 0.1) is 5.69 Å². The topological polar surface area (TPSA) is 3.24 Å². The van der Waals surface area contributed by atoms with Crippen molar-refractivity contribution < 1.29 is 0 Å². The first-order valence-electron chi connectivity index (χ1n) is 17.4. The van der Waals surface area contributed by atoms with Crippen LogP contribution in [-0.2, 0) is 10.8 Å². The van der Waals surface area contributed by atoms with Crippen molar-refractivity contribution in [2.24, 2.45) is 0 Å². The van der Waals surface area contributed by atoms with Crippen molar-refractivity contribution in [2.75, 3.05) is 4.90 Å². The molecule has 7 aromatic rings. The molecule has 0 aliphatic rings. The Kier molecular flexibility index (Phi) is 8.47. The summed E-state index contributed by atoms with van der Waals surface area (Å²) in [7, 11) is 0. The van der Waals surface area contributed by atoms with Crippen LogP contribution in [0, 0.1) is 0 Å². The van der Waals surface area contributed by atoms with Crippen LogP contribution in [0.2, 0.25) is 0 Å². The number of hydrogen-bond donors (Lipinski definition) is 0. The molecule has 0 N–H and O–H groups in total. The first-order chi connectivity index (χ1) is 23.6. The number of fused-ring (bicyclic) bond motifs is 1. The van der Waals surface area contributed by atoms with Crippen LogP contribution >= 0.6 is 0 Å². The van der Waals surface area contributed by atoms with Gasteiger partial charge in [-0.25, -0.2) is 0 Å². The minimum atomic E-state index is -0.0153. The highest BCUT2D eigenvalue weighted by Crippen LogP contribution is 2.46. The van der Waals surface area contributed by atoms with Crippen LogP contribution in [0.25, 0.3) is 44.2 Å². The maximum Gasteiger partial charge on any atom is 0.0540 e. The van der Waals surface area contributed by atoms with Crippen molar-refractivity contribution in [1.82, 2.24) is 0 Å². The van der Waals surface area contributed by atoms with Crippen molar-refractivity contribution >= 4 is 27.8 Å². The summed E-state index contributed by atoms with van der Waals surface area (Å²) < 4.78 is 0. The lowest BCUT2D eigenvalue weighted by molar-refractivity contribution is 0.569. The maximum atomic E-state index is 2.47. The Morgan fingerprint density at radius 2 is 0.857 bits per heavy atom. The van der Waals surface area contributed by atoms with Gasteiger partial charge in [-0.3, -0.25) is 0 Å². The molecule has 7 aromatic carbocycles. The molecule has 0 amide bonds. The molecular formula is C48H45N. The van der Waals surface area contributed by atoms with Gasteiger partial charge in [0.1, 0.15) is 0 Å². The molecule has 49 heavy (non-hydrogen) atoms. The molecule has 0 heterocycles. The van der Waals surface area contributed by atoms with Crippen LogP contribution in [0.4, 0.5) is 17.1 Å². The summed E-state index contributed by atoms with van der Waals surface area (Å²) in [6.45, 7) is 13.9. The molecule has 0 aliphatic carbocycles. The van der Waals surface area contributed by atoms with E-state index in [1.807, 2.05) is 0 Å². The molecule has 0 aliphatic heterocycles. The van der Waals surface area contributed by atoms with E-state index in [0.717, 1.165) is 11.4 Å². The molecule has 0 saturated heterocycles. The van der Waals surface area contributed by atoms with Crippen molar-refractivity contribution in [3.8, 4) is 33.4 Å². The van der Waals surface area contributed by atoms with E-state index in [4.69, 9.17) is 0 Å². The van der Waals surface area contributed by atoms with Gasteiger partial charge in [-0.15, -0.1) is 0 Å². The number of hydrogen-bond acceptors (Lipinski definition) is 1. The number of nitrogens with zero attached hydrogens (tertiary/aromatic N) is 1. The minimum absolute atomic E-state index is 0.0153. The van der Waals surface area contributed by atoms with Gasteiger partial charge in [-0.05, 0) is 90.9 Å². The highest BCUT2D eigenvalue weighted by molar-refractivity contribution is 6.08. The Morgan fingerprint density at radius 3 is 1.45 bits per heavy atom. The molecule has 0 bridgehead atoms. The fourth-order valence-electron chi connectivity index (χ4n) is 6.79. The van der Waals surface area contributed by atoms with E-state index < -0.39 is 0 Å². The van der Waals surface area contributed by atoms with E-state index in [2.05, 4.69) is 210 Å². The Labute approximate surface area is 292 Å². The number of para-hydroxylation sites is 1. The average Bonchev–Trinajstić information content (AvgIpc) is 3.12. The first-order valence-corrected chi connectivity index (χ1v) is 17.4. The number of rotatable bonds is 6. The van der Waals surface area contributed by atoms with Crippen molar-refractivity contribution in [3.05, 3.63) is 175 Å². The molecule has 1 nitrogen and oxygen atoms in total. The zero-order chi connectivity index (χ0) is 34.2. The number of anilines is 3. The summed E-state index contributed by atoms with van der Waals surface area (Å²) >= 11 is 0. The molecule has 242 valence electrons. The van der Waals surface area contributed by atoms with Gasteiger partial charge in [-0.2, -0.15) is 0 Å². The summed E-state index contributed by atoms with van der Waals surface area (Å²) in [6, 6.07) is 59.9. The normalized spacial score (nSPS) is 11.9. The van der Waals surface area contributed by atoms with Crippen LogP contribution in [0.5, 0.6) is 0 Å². The van der Waals surface area contributed by atoms with E-state index in [1.54, 1.807) is 0 Å². The van der Waals surface area contributed by atoms with Gasteiger partial charge in [-0.1, -0.05) is 175 Å². The van der Waals surface area contributed by atoms with Crippen LogP contribution in [0.1, 0.15) is 52.7 Å². The quantitative estimate of drug-likeness (QED) is 0.176. The summed E-state index contributed by atoms with van der Waals surface area (Å²) in [6.07, 6.45) is 0. The lowest BCUT2D eigenvalue weighted by atomic mass is 9.80. The second-order valence-corrected chi connectivity index (χ2v) is 15.1. The lowest BCUT2D eigenvalue weighted by Crippen LogP contribution is -2.19. The summed E-state index contributed by atoms with van der Waals surface area (Å²) in [4.78, 5) is 2.47. The van der Waals surface area contributed by atoms with Gasteiger partial charge in [0.25, 0.3) is 0 Å². The predicted octanol–water partition coefficient (Wildman–Crippen LogP) is 13.9. The maximum absolute atomic E-state index is 2.47. The van der Waals surface area contributed by atoms with E-state index in [-0.39, 0.29) is 10.8 Å². The summed E-state index contributed by atoms with van der Waals surface area (Å²) in [5.74, 6) is 0. The Balaban J connectivity index is 1.50. The SMILES string of the molecule is CC(C)(C)c1cc(N(c2ccc(-c3ccccc3)cc2)c2ccccc2-c2cccc3cccc(-c4ccccc4)c23)cc(C(C)(C)C)c1. The van der Waals surface area contributed by atoms with Crippen LogP contribution < -0.4 is 4.90 Å². The van der Waals surface area contributed by atoms with Gasteiger partial charge >= 0.3 is 0 Å². The molecule has 7 rings (SSSR count). The standard InChI is InChI=1S/C48H45N/c1-47(2,3)38-31-39(48(4,5)6)33-41(32-38)49(40-29-27-35(28-30-40)34-17-9-7-10-18-34)45-26-14-13-23-43(45)44-25-16-22-37-21-15-24-42(46(37)44)36-19-11-8-12-20-36/h7-33H,1-6H3. The third-order valence-corrected chi connectivity index (χ3v) is 9.57. The summed E-state index contributed by atoms with van der Waals surface area (Å²) in [5.41, 5.74) is 13.4. The van der Waals surface area contributed by atoms with Gasteiger partial charge in [0.2, 0.25) is 0 Å². The van der Waals surface area contributed by atoms with E-state index >= 15 is 0 Å². The van der Waals surface area contributed by atoms with Crippen molar-refractivity contribution in [1.29, 1.82) is 0 Å². The predicted molar refractivity (Wildman–Crippen MR) is 212 cm³/mol. The first kappa shape index (κ1) is 32.2. The van der Waals surface area contributed by atoms with E-state index in [0.29, 0.717) is 0 Å². The Hall–Kier alpha value is -5.40. The molecule has 0 radical (unpaired) electrons. The van der Waals surface area contributed by atoms with Crippen LogP contribution in [0.3, 0.4) is 0 Å². The second-order valence-electron chi connectivity index (χ2n) is 15.1. The Morgan fingerprint density at radius 1 is 0.367 bits per heavy atom. The lowest BCUT2D eigenvalue weighted by Gasteiger charge is -2.32. The zero-order valence-corrected chi connectivity index (χ0v) is 29.5. The van der Waals surface area contributed by atoms with Gasteiger partial charge in [0.15, 0.2) is 0 Å². The number of benzene rings is 7. The molecule has 0 unspecified atom stereocenters. The molecule has 0 atom stereocenters. The van der Waals surface area contributed by atoms with E-state index in [9.17, 15) is 0 Å². The monoisotopic (exact) mass is 635 g/mol. The third-order valence-electron chi connectivity index (χ3n) is 9.57. The third kappa shape index (κ3) is 6.54.